The van der Waals surface area contributed by atoms with Crippen LogP contribution in [0, 0.1) is 5.92 Å². The van der Waals surface area contributed by atoms with Crippen LogP contribution in [0.5, 0.6) is 5.88 Å². The molecule has 2 fully saturated rings. The summed E-state index contributed by atoms with van der Waals surface area (Å²) >= 11 is 0. The fraction of sp³-hybridized carbons (Fsp3) is 0.545. The van der Waals surface area contributed by atoms with Gasteiger partial charge in [-0.2, -0.15) is 4.98 Å². The van der Waals surface area contributed by atoms with Gasteiger partial charge in [-0.15, -0.1) is 0 Å². The van der Waals surface area contributed by atoms with Crippen LogP contribution in [0.1, 0.15) is 24.0 Å². The quantitative estimate of drug-likeness (QED) is 0.712. The summed E-state index contributed by atoms with van der Waals surface area (Å²) in [4.78, 5) is 16.6. The molecule has 1 aromatic carbocycles. The molecule has 1 saturated heterocycles. The van der Waals surface area contributed by atoms with E-state index < -0.39 is 0 Å². The lowest BCUT2D eigenvalue weighted by Crippen LogP contribution is -2.34. The third-order valence-electron chi connectivity index (χ3n) is 5.66. The zero-order valence-electron chi connectivity index (χ0n) is 16.5. The van der Waals surface area contributed by atoms with Crippen molar-refractivity contribution in [1.29, 1.82) is 0 Å². The molecule has 1 aromatic heterocycles. The Kier molecular flexibility index (Phi) is 5.35. The molecular formula is C22H26N2O5. The maximum atomic E-state index is 12.5. The van der Waals surface area contributed by atoms with Gasteiger partial charge in [0.05, 0.1) is 32.1 Å². The van der Waals surface area contributed by atoms with E-state index in [0.29, 0.717) is 45.5 Å². The SMILES string of the molecule is O=c1nc(OC[C@@H]2COCCO2)cc2n1CCc1cc(COCC3CC3)ccc1-2. The molecule has 1 saturated carbocycles. The number of nitrogens with zero attached hydrogens (tertiary/aromatic N) is 2. The molecule has 3 aliphatic rings. The molecule has 0 N–H and O–H groups in total. The second-order valence-corrected chi connectivity index (χ2v) is 7.99. The first-order valence-corrected chi connectivity index (χ1v) is 10.4. The smallest absolute Gasteiger partial charge is 0.351 e. The lowest BCUT2D eigenvalue weighted by molar-refractivity contribution is -0.102. The number of rotatable bonds is 7. The van der Waals surface area contributed by atoms with Crippen LogP contribution < -0.4 is 10.4 Å². The Morgan fingerprint density at radius 3 is 2.93 bits per heavy atom. The number of aromatic nitrogens is 2. The summed E-state index contributed by atoms with van der Waals surface area (Å²) in [7, 11) is 0. The van der Waals surface area contributed by atoms with Crippen LogP contribution in [0.25, 0.3) is 11.3 Å². The highest BCUT2D eigenvalue weighted by Gasteiger charge is 2.22. The van der Waals surface area contributed by atoms with Gasteiger partial charge < -0.3 is 18.9 Å². The third kappa shape index (κ3) is 4.37. The molecule has 154 valence electrons. The lowest BCUT2D eigenvalue weighted by atomic mass is 9.96. The predicted octanol–water partition coefficient (Wildman–Crippen LogP) is 2.19. The van der Waals surface area contributed by atoms with Gasteiger partial charge in [0.25, 0.3) is 0 Å². The molecule has 7 heteroatoms. The Bertz CT molecular complexity index is 931. The molecule has 7 nitrogen and oxygen atoms in total. The summed E-state index contributed by atoms with van der Waals surface area (Å²) in [5.41, 5.74) is 4.05. The molecule has 5 rings (SSSR count). The number of hydrogen-bond acceptors (Lipinski definition) is 6. The summed E-state index contributed by atoms with van der Waals surface area (Å²) in [6.45, 7) is 4.12. The second kappa shape index (κ2) is 8.26. The van der Waals surface area contributed by atoms with Gasteiger partial charge in [0.15, 0.2) is 0 Å². The van der Waals surface area contributed by atoms with Crippen molar-refractivity contribution in [2.45, 2.75) is 38.5 Å². The van der Waals surface area contributed by atoms with E-state index in [1.54, 1.807) is 4.57 Å². The molecule has 2 aromatic rings. The van der Waals surface area contributed by atoms with Crippen LogP contribution in [-0.2, 0) is 33.8 Å². The number of fused-ring (bicyclic) bond motifs is 3. The Morgan fingerprint density at radius 1 is 1.17 bits per heavy atom. The monoisotopic (exact) mass is 398 g/mol. The predicted molar refractivity (Wildman–Crippen MR) is 106 cm³/mol. The molecule has 1 aliphatic carbocycles. The van der Waals surface area contributed by atoms with Crippen molar-refractivity contribution >= 4 is 0 Å². The van der Waals surface area contributed by atoms with E-state index in [0.717, 1.165) is 30.2 Å². The Morgan fingerprint density at radius 2 is 2.10 bits per heavy atom. The molecule has 3 heterocycles. The number of aryl methyl sites for hydroxylation is 1. The largest absolute Gasteiger partial charge is 0.475 e. The standard InChI is InChI=1S/C22H26N2O5/c25-22-23-21(29-14-18-13-26-7-8-28-18)10-20-19-4-3-16(12-27-11-15-1-2-15)9-17(19)5-6-24(20)22/h3-4,9-10,15,18H,1-2,5-8,11-14H2/t18-/m0/s1. The van der Waals surface area contributed by atoms with Crippen molar-refractivity contribution in [3.63, 3.8) is 0 Å². The fourth-order valence-corrected chi connectivity index (χ4v) is 3.86. The highest BCUT2D eigenvalue weighted by atomic mass is 16.6. The summed E-state index contributed by atoms with van der Waals surface area (Å²) in [6, 6.07) is 8.22. The molecule has 2 aliphatic heterocycles. The minimum absolute atomic E-state index is 0.130. The third-order valence-corrected chi connectivity index (χ3v) is 5.66. The zero-order valence-corrected chi connectivity index (χ0v) is 16.5. The van der Waals surface area contributed by atoms with Gasteiger partial charge in [-0.25, -0.2) is 4.79 Å². The first-order chi connectivity index (χ1) is 14.3. The van der Waals surface area contributed by atoms with Crippen LogP contribution in [0.2, 0.25) is 0 Å². The van der Waals surface area contributed by atoms with Crippen LogP contribution in [0.15, 0.2) is 29.1 Å². The molecule has 0 bridgehead atoms. The van der Waals surface area contributed by atoms with Crippen molar-refractivity contribution < 1.29 is 18.9 Å². The lowest BCUT2D eigenvalue weighted by Gasteiger charge is -2.24. The van der Waals surface area contributed by atoms with E-state index in [9.17, 15) is 4.79 Å². The van der Waals surface area contributed by atoms with Crippen molar-refractivity contribution in [3.8, 4) is 17.1 Å². The Labute approximate surface area is 169 Å². The number of benzene rings is 1. The minimum Gasteiger partial charge on any atom is -0.475 e. The molecule has 29 heavy (non-hydrogen) atoms. The topological polar surface area (TPSA) is 71.8 Å². The van der Waals surface area contributed by atoms with Crippen LogP contribution in [0.4, 0.5) is 0 Å². The summed E-state index contributed by atoms with van der Waals surface area (Å²) in [5, 5.41) is 0. The van der Waals surface area contributed by atoms with Crippen LogP contribution >= 0.6 is 0 Å². The van der Waals surface area contributed by atoms with Gasteiger partial charge in [0.1, 0.15) is 12.7 Å². The first-order valence-electron chi connectivity index (χ1n) is 10.4. The average Bonchev–Trinajstić information content (AvgIpc) is 3.57. The van der Waals surface area contributed by atoms with Crippen LogP contribution in [0.3, 0.4) is 0 Å². The average molecular weight is 398 g/mol. The van der Waals surface area contributed by atoms with Gasteiger partial charge in [0.2, 0.25) is 5.88 Å². The van der Waals surface area contributed by atoms with E-state index in [2.05, 4.69) is 23.2 Å². The van der Waals surface area contributed by atoms with E-state index in [1.807, 2.05) is 6.07 Å². The van der Waals surface area contributed by atoms with Crippen molar-refractivity contribution in [2.24, 2.45) is 5.92 Å². The normalized spacial score (nSPS) is 20.8. The molecule has 0 unspecified atom stereocenters. The van der Waals surface area contributed by atoms with E-state index in [4.69, 9.17) is 18.9 Å². The van der Waals surface area contributed by atoms with E-state index in [-0.39, 0.29) is 11.8 Å². The minimum atomic E-state index is -0.277. The van der Waals surface area contributed by atoms with Gasteiger partial charge in [-0.1, -0.05) is 18.2 Å². The van der Waals surface area contributed by atoms with E-state index >= 15 is 0 Å². The Hall–Kier alpha value is -2.22. The van der Waals surface area contributed by atoms with Crippen molar-refractivity contribution in [3.05, 3.63) is 45.9 Å². The number of ether oxygens (including phenoxy) is 4. The Balaban J connectivity index is 1.33. The molecule has 0 radical (unpaired) electrons. The van der Waals surface area contributed by atoms with Gasteiger partial charge >= 0.3 is 5.69 Å². The van der Waals surface area contributed by atoms with Gasteiger partial charge in [0, 0.05) is 24.8 Å². The molecule has 0 amide bonds. The zero-order chi connectivity index (χ0) is 19.6. The van der Waals surface area contributed by atoms with Crippen molar-refractivity contribution in [1.82, 2.24) is 9.55 Å². The second-order valence-electron chi connectivity index (χ2n) is 7.99. The highest BCUT2D eigenvalue weighted by molar-refractivity contribution is 5.67. The molecule has 1 atom stereocenters. The first kappa shape index (κ1) is 18.8. The summed E-state index contributed by atoms with van der Waals surface area (Å²) in [5.74, 6) is 1.10. The van der Waals surface area contributed by atoms with Crippen LogP contribution in [-0.4, -0.2) is 48.7 Å². The fourth-order valence-electron chi connectivity index (χ4n) is 3.86. The van der Waals surface area contributed by atoms with E-state index in [1.165, 1.54) is 24.0 Å². The van der Waals surface area contributed by atoms with Gasteiger partial charge in [-0.3, -0.25) is 4.57 Å². The van der Waals surface area contributed by atoms with Gasteiger partial charge in [-0.05, 0) is 36.3 Å². The highest BCUT2D eigenvalue weighted by Crippen LogP contribution is 2.31. The maximum absolute atomic E-state index is 12.5. The maximum Gasteiger partial charge on any atom is 0.351 e. The molecular weight excluding hydrogens is 372 g/mol. The summed E-state index contributed by atoms with van der Waals surface area (Å²) < 4.78 is 24.3. The number of hydrogen-bond donors (Lipinski definition) is 0. The summed E-state index contributed by atoms with van der Waals surface area (Å²) in [6.07, 6.45) is 3.28. The van der Waals surface area contributed by atoms with Crippen molar-refractivity contribution in [2.75, 3.05) is 33.0 Å². The molecule has 0 spiro atoms.